The Balaban J connectivity index is 0.000000550. The fraction of sp³-hybridized carbons (Fsp3) is 0.231. The van der Waals surface area contributed by atoms with Gasteiger partial charge in [-0.25, -0.2) is 0 Å². The second-order valence-electron chi connectivity index (χ2n) is 3.59. The normalized spacial score (nSPS) is 10.8. The SMILES string of the molecule is COC.Oc1ccc2ccccc2c1OC(F)(F)F. The molecule has 0 bridgehead atoms. The predicted octanol–water partition coefficient (Wildman–Crippen LogP) is 3.71. The monoisotopic (exact) mass is 274 g/mol. The van der Waals surface area contributed by atoms with Crippen molar-refractivity contribution in [2.45, 2.75) is 6.36 Å². The van der Waals surface area contributed by atoms with Crippen molar-refractivity contribution in [1.29, 1.82) is 0 Å². The molecule has 1 N–H and O–H groups in total. The maximum absolute atomic E-state index is 12.1. The minimum atomic E-state index is -4.82. The molecule has 2 aromatic carbocycles. The van der Waals surface area contributed by atoms with Gasteiger partial charge in [-0.2, -0.15) is 0 Å². The lowest BCUT2D eigenvalue weighted by molar-refractivity contribution is -0.274. The fourth-order valence-electron chi connectivity index (χ4n) is 1.45. The van der Waals surface area contributed by atoms with Gasteiger partial charge in [0.1, 0.15) is 0 Å². The lowest BCUT2D eigenvalue weighted by Gasteiger charge is -2.12. The number of hydrogen-bond donors (Lipinski definition) is 1. The molecule has 2 rings (SSSR count). The van der Waals surface area contributed by atoms with E-state index in [4.69, 9.17) is 0 Å². The van der Waals surface area contributed by atoms with Gasteiger partial charge in [-0.1, -0.05) is 30.3 Å². The second-order valence-corrected chi connectivity index (χ2v) is 3.59. The highest BCUT2D eigenvalue weighted by molar-refractivity contribution is 5.90. The number of rotatable bonds is 1. The molecular weight excluding hydrogens is 261 g/mol. The molecular formula is C13H13F3O3. The minimum Gasteiger partial charge on any atom is -0.504 e. The molecule has 0 atom stereocenters. The van der Waals surface area contributed by atoms with E-state index in [2.05, 4.69) is 9.47 Å². The van der Waals surface area contributed by atoms with Crippen LogP contribution in [-0.2, 0) is 4.74 Å². The van der Waals surface area contributed by atoms with Gasteiger partial charge in [0, 0.05) is 19.6 Å². The Bertz CT molecular complexity index is 538. The van der Waals surface area contributed by atoms with Crippen molar-refractivity contribution in [3.05, 3.63) is 36.4 Å². The molecule has 0 aliphatic carbocycles. The number of hydrogen-bond acceptors (Lipinski definition) is 3. The molecule has 0 unspecified atom stereocenters. The van der Waals surface area contributed by atoms with E-state index in [1.54, 1.807) is 32.4 Å². The van der Waals surface area contributed by atoms with Gasteiger partial charge in [0.25, 0.3) is 0 Å². The zero-order valence-corrected chi connectivity index (χ0v) is 10.4. The van der Waals surface area contributed by atoms with Gasteiger partial charge in [-0.05, 0) is 11.5 Å². The largest absolute Gasteiger partial charge is 0.573 e. The third kappa shape index (κ3) is 4.33. The Morgan fingerprint density at radius 2 is 1.58 bits per heavy atom. The van der Waals surface area contributed by atoms with Crippen LogP contribution in [0.5, 0.6) is 11.5 Å². The van der Waals surface area contributed by atoms with Crippen molar-refractivity contribution >= 4 is 10.8 Å². The van der Waals surface area contributed by atoms with Gasteiger partial charge in [0.15, 0.2) is 11.5 Å². The van der Waals surface area contributed by atoms with Crippen molar-refractivity contribution in [2.75, 3.05) is 14.2 Å². The van der Waals surface area contributed by atoms with Gasteiger partial charge in [-0.15, -0.1) is 13.2 Å². The summed E-state index contributed by atoms with van der Waals surface area (Å²) < 4.78 is 44.4. The van der Waals surface area contributed by atoms with E-state index >= 15 is 0 Å². The standard InChI is InChI=1S/C11H7F3O2.C2H6O/c12-11(13,14)16-10-8-4-2-1-3-7(8)5-6-9(10)15;1-3-2/h1-6,15H;1-2H3. The molecule has 6 heteroatoms. The van der Waals surface area contributed by atoms with Gasteiger partial charge in [0.2, 0.25) is 0 Å². The molecule has 0 fully saturated rings. The topological polar surface area (TPSA) is 38.7 Å². The summed E-state index contributed by atoms with van der Waals surface area (Å²) in [6.07, 6.45) is -4.82. The van der Waals surface area contributed by atoms with Crippen LogP contribution in [0.25, 0.3) is 10.8 Å². The van der Waals surface area contributed by atoms with Crippen molar-refractivity contribution in [3.8, 4) is 11.5 Å². The van der Waals surface area contributed by atoms with Crippen LogP contribution in [0.15, 0.2) is 36.4 Å². The number of fused-ring (bicyclic) bond motifs is 1. The molecule has 0 aliphatic heterocycles. The molecule has 3 nitrogen and oxygen atoms in total. The first kappa shape index (κ1) is 15.1. The van der Waals surface area contributed by atoms with E-state index < -0.39 is 17.9 Å². The number of phenolic OH excluding ortho intramolecular Hbond substituents is 1. The Morgan fingerprint density at radius 1 is 1.00 bits per heavy atom. The number of benzene rings is 2. The molecule has 2 aromatic rings. The number of alkyl halides is 3. The third-order valence-corrected chi connectivity index (χ3v) is 2.08. The molecule has 0 aromatic heterocycles. The summed E-state index contributed by atoms with van der Waals surface area (Å²) >= 11 is 0. The quantitative estimate of drug-likeness (QED) is 0.861. The molecule has 0 radical (unpaired) electrons. The first-order valence-electron chi connectivity index (χ1n) is 5.25. The molecule has 0 saturated heterocycles. The average molecular weight is 274 g/mol. The fourth-order valence-corrected chi connectivity index (χ4v) is 1.45. The van der Waals surface area contributed by atoms with E-state index in [0.29, 0.717) is 5.39 Å². The highest BCUT2D eigenvalue weighted by atomic mass is 19.4. The molecule has 0 saturated carbocycles. The molecule has 0 aliphatic rings. The van der Waals surface area contributed by atoms with Gasteiger partial charge in [-0.3, -0.25) is 0 Å². The molecule has 0 amide bonds. The van der Waals surface area contributed by atoms with E-state index in [1.165, 1.54) is 18.2 Å². The number of halogens is 3. The summed E-state index contributed by atoms with van der Waals surface area (Å²) in [6, 6.07) is 9.05. The van der Waals surface area contributed by atoms with E-state index in [1.807, 2.05) is 0 Å². The van der Waals surface area contributed by atoms with Gasteiger partial charge >= 0.3 is 6.36 Å². The van der Waals surface area contributed by atoms with Crippen LogP contribution in [0.1, 0.15) is 0 Å². The Kier molecular flexibility index (Phi) is 5.00. The highest BCUT2D eigenvalue weighted by Gasteiger charge is 2.33. The van der Waals surface area contributed by atoms with Crippen molar-refractivity contribution in [3.63, 3.8) is 0 Å². The smallest absolute Gasteiger partial charge is 0.504 e. The summed E-state index contributed by atoms with van der Waals surface area (Å²) in [7, 11) is 3.25. The lowest BCUT2D eigenvalue weighted by atomic mass is 10.1. The molecule has 0 spiro atoms. The number of ether oxygens (including phenoxy) is 2. The van der Waals surface area contributed by atoms with E-state index in [0.717, 1.165) is 0 Å². The van der Waals surface area contributed by atoms with Crippen LogP contribution in [0, 0.1) is 0 Å². The number of phenols is 1. The maximum Gasteiger partial charge on any atom is 0.573 e. The van der Waals surface area contributed by atoms with Crippen molar-refractivity contribution in [1.82, 2.24) is 0 Å². The summed E-state index contributed by atoms with van der Waals surface area (Å²) in [5, 5.41) is 10.1. The second kappa shape index (κ2) is 6.29. The molecule has 0 heterocycles. The Hall–Kier alpha value is -1.95. The molecule has 19 heavy (non-hydrogen) atoms. The zero-order chi connectivity index (χ0) is 14.5. The maximum atomic E-state index is 12.1. The number of methoxy groups -OCH3 is 1. The Labute approximate surface area is 108 Å². The summed E-state index contributed by atoms with van der Waals surface area (Å²) in [5.41, 5.74) is 0. The summed E-state index contributed by atoms with van der Waals surface area (Å²) in [6.45, 7) is 0. The first-order valence-corrected chi connectivity index (χ1v) is 5.25. The van der Waals surface area contributed by atoms with Crippen LogP contribution in [-0.4, -0.2) is 25.7 Å². The predicted molar refractivity (Wildman–Crippen MR) is 65.2 cm³/mol. The number of aromatic hydroxyl groups is 1. The highest BCUT2D eigenvalue weighted by Crippen LogP contribution is 2.37. The molecule has 104 valence electrons. The summed E-state index contributed by atoms with van der Waals surface area (Å²) in [5.74, 6) is -1.10. The van der Waals surface area contributed by atoms with Crippen LogP contribution in [0.3, 0.4) is 0 Å². The third-order valence-electron chi connectivity index (χ3n) is 2.08. The van der Waals surface area contributed by atoms with Crippen LogP contribution < -0.4 is 4.74 Å². The van der Waals surface area contributed by atoms with E-state index in [9.17, 15) is 18.3 Å². The van der Waals surface area contributed by atoms with Gasteiger partial charge in [0.05, 0.1) is 0 Å². The van der Waals surface area contributed by atoms with Crippen LogP contribution >= 0.6 is 0 Å². The minimum absolute atomic E-state index is 0.222. The Morgan fingerprint density at radius 3 is 2.16 bits per heavy atom. The van der Waals surface area contributed by atoms with Crippen molar-refractivity contribution < 1.29 is 27.8 Å². The first-order chi connectivity index (χ1) is 8.89. The lowest BCUT2D eigenvalue weighted by Crippen LogP contribution is -2.17. The summed E-state index contributed by atoms with van der Waals surface area (Å²) in [4.78, 5) is 0. The van der Waals surface area contributed by atoms with Crippen LogP contribution in [0.2, 0.25) is 0 Å². The van der Waals surface area contributed by atoms with E-state index in [-0.39, 0.29) is 5.39 Å². The van der Waals surface area contributed by atoms with Crippen LogP contribution in [0.4, 0.5) is 13.2 Å². The van der Waals surface area contributed by atoms with Gasteiger partial charge < -0.3 is 14.6 Å². The zero-order valence-electron chi connectivity index (χ0n) is 10.4. The van der Waals surface area contributed by atoms with Crippen molar-refractivity contribution in [2.24, 2.45) is 0 Å². The average Bonchev–Trinajstić information content (AvgIpc) is 2.33.